The van der Waals surface area contributed by atoms with Crippen LogP contribution in [0, 0.1) is 35.5 Å². The molecule has 1 heterocycles. The lowest BCUT2D eigenvalue weighted by Gasteiger charge is -2.37. The number of para-hydroxylation sites is 1. The van der Waals surface area contributed by atoms with Gasteiger partial charge in [-0.2, -0.15) is 0 Å². The fraction of sp³-hybridized carbons (Fsp3) is 0.389. The van der Waals surface area contributed by atoms with Gasteiger partial charge in [0.15, 0.2) is 0 Å². The van der Waals surface area contributed by atoms with E-state index in [0.717, 1.165) is 11.3 Å². The van der Waals surface area contributed by atoms with Gasteiger partial charge in [0, 0.05) is 0 Å². The second-order valence-corrected chi connectivity index (χ2v) is 6.99. The monoisotopic (exact) mass is 309 g/mol. The molecule has 1 saturated heterocycles. The summed E-state index contributed by atoms with van der Waals surface area (Å²) in [6.45, 7) is 0. The minimum Gasteiger partial charge on any atom is -0.478 e. The van der Waals surface area contributed by atoms with Crippen LogP contribution in [-0.2, 0) is 9.59 Å². The van der Waals surface area contributed by atoms with Crippen molar-refractivity contribution in [3.63, 3.8) is 0 Å². The number of hydrogen-bond acceptors (Lipinski definition) is 3. The molecule has 1 aromatic rings. The number of amides is 2. The molecule has 5 aliphatic rings. The second kappa shape index (κ2) is 4.10. The van der Waals surface area contributed by atoms with Gasteiger partial charge in [-0.25, -0.2) is 9.69 Å². The molecule has 2 amide bonds. The van der Waals surface area contributed by atoms with E-state index in [2.05, 4.69) is 12.2 Å². The van der Waals surface area contributed by atoms with E-state index in [0.29, 0.717) is 11.8 Å². The molecule has 0 aromatic heterocycles. The summed E-state index contributed by atoms with van der Waals surface area (Å²) < 4.78 is 0. The average molecular weight is 309 g/mol. The third-order valence-electron chi connectivity index (χ3n) is 6.04. The van der Waals surface area contributed by atoms with Crippen LogP contribution in [0.2, 0.25) is 0 Å². The molecule has 3 fully saturated rings. The first-order chi connectivity index (χ1) is 11.1. The number of rotatable bonds is 2. The highest BCUT2D eigenvalue weighted by molar-refractivity contribution is 6.24. The molecule has 1 aliphatic heterocycles. The quantitative estimate of drug-likeness (QED) is 0.669. The largest absolute Gasteiger partial charge is 0.478 e. The molecule has 2 saturated carbocycles. The van der Waals surface area contributed by atoms with Crippen molar-refractivity contribution in [1.29, 1.82) is 0 Å². The maximum absolute atomic E-state index is 13.0. The van der Waals surface area contributed by atoms with E-state index in [1.54, 1.807) is 18.2 Å². The summed E-state index contributed by atoms with van der Waals surface area (Å²) in [5, 5.41) is 9.36. The highest BCUT2D eigenvalue weighted by atomic mass is 16.4. The fourth-order valence-electron chi connectivity index (χ4n) is 5.04. The Morgan fingerprint density at radius 3 is 2.13 bits per heavy atom. The standard InChI is InChI=1S/C18H15NO4/c20-16-14-8-5-6-9(12-7-11(8)12)15(14)17(21)19(16)13-4-2-1-3-10(13)18(22)23/h1-6,8-9,11-12,14-15H,7H2,(H,22,23)/t8-,9-,11-,12-,14-,15+/m1/s1. The number of benzene rings is 1. The number of carbonyl (C=O) groups is 3. The topological polar surface area (TPSA) is 74.7 Å². The smallest absolute Gasteiger partial charge is 0.337 e. The number of carboxylic acid groups (broad SMARTS) is 1. The fourth-order valence-corrected chi connectivity index (χ4v) is 5.04. The predicted octanol–water partition coefficient (Wildman–Crippen LogP) is 1.94. The van der Waals surface area contributed by atoms with Crippen molar-refractivity contribution in [3.8, 4) is 0 Å². The Hall–Kier alpha value is -2.43. The number of imide groups is 1. The summed E-state index contributed by atoms with van der Waals surface area (Å²) >= 11 is 0. The Morgan fingerprint density at radius 2 is 1.57 bits per heavy atom. The van der Waals surface area contributed by atoms with Crippen molar-refractivity contribution in [2.45, 2.75) is 6.42 Å². The SMILES string of the molecule is O=C(O)c1ccccc1N1C(=O)[C@@H]2[C@@H]3C=C[C@H]([C@H]4C[C@H]34)[C@@H]2C1=O. The second-order valence-electron chi connectivity index (χ2n) is 6.99. The van der Waals surface area contributed by atoms with Crippen molar-refractivity contribution < 1.29 is 19.5 Å². The average Bonchev–Trinajstić information content (AvgIpc) is 3.32. The van der Waals surface area contributed by atoms with Crippen LogP contribution in [0.1, 0.15) is 16.8 Å². The van der Waals surface area contributed by atoms with Gasteiger partial charge in [0.25, 0.3) is 0 Å². The van der Waals surface area contributed by atoms with Gasteiger partial charge in [-0.3, -0.25) is 9.59 Å². The molecule has 4 aliphatic carbocycles. The molecule has 0 spiro atoms. The number of allylic oxidation sites excluding steroid dienone is 2. The number of nitrogens with zero attached hydrogens (tertiary/aromatic N) is 1. The van der Waals surface area contributed by atoms with Crippen molar-refractivity contribution >= 4 is 23.5 Å². The molecule has 23 heavy (non-hydrogen) atoms. The number of anilines is 1. The van der Waals surface area contributed by atoms with Crippen LogP contribution in [-0.4, -0.2) is 22.9 Å². The maximum atomic E-state index is 13.0. The molecule has 0 radical (unpaired) electrons. The lowest BCUT2D eigenvalue weighted by atomic mass is 9.63. The van der Waals surface area contributed by atoms with E-state index < -0.39 is 5.97 Å². The highest BCUT2D eigenvalue weighted by Crippen LogP contribution is 2.65. The molecule has 5 heteroatoms. The van der Waals surface area contributed by atoms with Crippen LogP contribution in [0.15, 0.2) is 36.4 Å². The Labute approximate surface area is 132 Å². The third-order valence-corrected chi connectivity index (χ3v) is 6.04. The van der Waals surface area contributed by atoms with Crippen LogP contribution < -0.4 is 4.90 Å². The van der Waals surface area contributed by atoms with Gasteiger partial charge < -0.3 is 5.11 Å². The van der Waals surface area contributed by atoms with Crippen molar-refractivity contribution in [3.05, 3.63) is 42.0 Å². The first kappa shape index (κ1) is 13.0. The molecule has 1 N–H and O–H groups in total. The first-order valence-corrected chi connectivity index (χ1v) is 7.98. The normalized spacial score (nSPS) is 39.4. The predicted molar refractivity (Wildman–Crippen MR) is 80.6 cm³/mol. The molecular formula is C18H15NO4. The lowest BCUT2D eigenvalue weighted by Crippen LogP contribution is -2.40. The van der Waals surface area contributed by atoms with Gasteiger partial charge in [-0.15, -0.1) is 0 Å². The van der Waals surface area contributed by atoms with Crippen LogP contribution in [0.25, 0.3) is 0 Å². The molecular weight excluding hydrogens is 294 g/mol. The number of carboxylic acids is 1. The highest BCUT2D eigenvalue weighted by Gasteiger charge is 2.67. The van der Waals surface area contributed by atoms with E-state index in [4.69, 9.17) is 0 Å². The Balaban J connectivity index is 1.61. The summed E-state index contributed by atoms with van der Waals surface area (Å²) in [7, 11) is 0. The van der Waals surface area contributed by atoms with Gasteiger partial charge in [-0.1, -0.05) is 24.3 Å². The maximum Gasteiger partial charge on any atom is 0.337 e. The Kier molecular flexibility index (Phi) is 2.33. The molecule has 116 valence electrons. The van der Waals surface area contributed by atoms with Crippen molar-refractivity contribution in [1.82, 2.24) is 0 Å². The molecule has 0 unspecified atom stereocenters. The van der Waals surface area contributed by atoms with Gasteiger partial charge in [0.05, 0.1) is 23.1 Å². The van der Waals surface area contributed by atoms with Gasteiger partial charge in [0.1, 0.15) is 0 Å². The number of hydrogen-bond donors (Lipinski definition) is 1. The zero-order valence-corrected chi connectivity index (χ0v) is 12.3. The molecule has 1 aromatic carbocycles. The van der Waals surface area contributed by atoms with E-state index in [1.165, 1.54) is 6.07 Å². The number of carbonyl (C=O) groups excluding carboxylic acids is 2. The summed E-state index contributed by atoms with van der Waals surface area (Å²) in [4.78, 5) is 38.5. The van der Waals surface area contributed by atoms with Crippen LogP contribution >= 0.6 is 0 Å². The summed E-state index contributed by atoms with van der Waals surface area (Å²) in [5.41, 5.74) is 0.204. The van der Waals surface area contributed by atoms with E-state index in [-0.39, 0.29) is 46.7 Å². The van der Waals surface area contributed by atoms with E-state index in [9.17, 15) is 19.5 Å². The van der Waals surface area contributed by atoms with Crippen LogP contribution in [0.4, 0.5) is 5.69 Å². The summed E-state index contributed by atoms with van der Waals surface area (Å²) in [5.74, 6) is -0.805. The number of aromatic carboxylic acids is 1. The zero-order chi connectivity index (χ0) is 15.9. The molecule has 2 bridgehead atoms. The minimum absolute atomic E-state index is 0.00156. The Bertz CT molecular complexity index is 762. The van der Waals surface area contributed by atoms with E-state index >= 15 is 0 Å². The van der Waals surface area contributed by atoms with E-state index in [1.807, 2.05) is 0 Å². The van der Waals surface area contributed by atoms with Gasteiger partial charge >= 0.3 is 5.97 Å². The molecule has 6 rings (SSSR count). The van der Waals surface area contributed by atoms with Gasteiger partial charge in [-0.05, 0) is 42.2 Å². The Morgan fingerprint density at radius 1 is 1.00 bits per heavy atom. The molecule has 6 atom stereocenters. The van der Waals surface area contributed by atoms with Crippen molar-refractivity contribution in [2.24, 2.45) is 35.5 Å². The van der Waals surface area contributed by atoms with Crippen LogP contribution in [0.3, 0.4) is 0 Å². The minimum atomic E-state index is -1.12. The van der Waals surface area contributed by atoms with Crippen LogP contribution in [0.5, 0.6) is 0 Å². The van der Waals surface area contributed by atoms with Crippen molar-refractivity contribution in [2.75, 3.05) is 4.90 Å². The van der Waals surface area contributed by atoms with Gasteiger partial charge in [0.2, 0.25) is 11.8 Å². The third kappa shape index (κ3) is 1.49. The summed E-state index contributed by atoms with van der Waals surface area (Å²) in [6, 6.07) is 6.25. The molecule has 5 nitrogen and oxygen atoms in total. The zero-order valence-electron chi connectivity index (χ0n) is 12.3. The summed E-state index contributed by atoms with van der Waals surface area (Å²) in [6.07, 6.45) is 5.33. The first-order valence-electron chi connectivity index (χ1n) is 7.98. The lowest BCUT2D eigenvalue weighted by molar-refractivity contribution is -0.124.